The maximum atomic E-state index is 12.1. The van der Waals surface area contributed by atoms with Gasteiger partial charge in [0.15, 0.2) is 0 Å². The van der Waals surface area contributed by atoms with Crippen molar-refractivity contribution in [2.75, 3.05) is 6.61 Å². The van der Waals surface area contributed by atoms with Gasteiger partial charge < -0.3 is 14.4 Å². The molecule has 0 aliphatic heterocycles. The van der Waals surface area contributed by atoms with Crippen LogP contribution < -0.4 is 0 Å². The number of aliphatic hydroxyl groups is 1. The lowest BCUT2D eigenvalue weighted by Gasteiger charge is -2.04. The fourth-order valence-corrected chi connectivity index (χ4v) is 2.68. The molecule has 0 atom stereocenters. The lowest BCUT2D eigenvalue weighted by molar-refractivity contribution is 0.0527. The predicted molar refractivity (Wildman–Crippen MR) is 77.2 cm³/mol. The van der Waals surface area contributed by atoms with Crippen molar-refractivity contribution >= 4 is 32.8 Å². The van der Waals surface area contributed by atoms with Crippen LogP contribution in [0.3, 0.4) is 0 Å². The molecule has 4 nitrogen and oxygen atoms in total. The molecule has 19 heavy (non-hydrogen) atoms. The fraction of sp³-hybridized carbons (Fsp3) is 0.357. The third-order valence-electron chi connectivity index (χ3n) is 3.31. The third kappa shape index (κ3) is 2.28. The zero-order chi connectivity index (χ0) is 14.2. The van der Waals surface area contributed by atoms with Gasteiger partial charge in [0.25, 0.3) is 0 Å². The van der Waals surface area contributed by atoms with Crippen molar-refractivity contribution in [2.45, 2.75) is 20.5 Å². The number of benzene rings is 1. The highest BCUT2D eigenvalue weighted by atomic mass is 79.9. The summed E-state index contributed by atoms with van der Waals surface area (Å²) in [6, 6.07) is 3.75. The summed E-state index contributed by atoms with van der Waals surface area (Å²) < 4.78 is 7.84. The first-order chi connectivity index (χ1) is 9.01. The number of aryl methyl sites for hydroxylation is 1. The van der Waals surface area contributed by atoms with Crippen molar-refractivity contribution in [3.8, 4) is 0 Å². The van der Waals surface area contributed by atoms with Gasteiger partial charge in [0.05, 0.1) is 18.8 Å². The van der Waals surface area contributed by atoms with Crippen molar-refractivity contribution in [3.63, 3.8) is 0 Å². The Kier molecular flexibility index (Phi) is 3.96. The highest BCUT2D eigenvalue weighted by Gasteiger charge is 2.20. The Morgan fingerprint density at radius 2 is 2.16 bits per heavy atom. The van der Waals surface area contributed by atoms with E-state index in [4.69, 9.17) is 4.74 Å². The van der Waals surface area contributed by atoms with E-state index in [1.807, 2.05) is 30.7 Å². The Labute approximate surface area is 120 Å². The van der Waals surface area contributed by atoms with Crippen LogP contribution >= 0.6 is 15.9 Å². The number of rotatable bonds is 3. The summed E-state index contributed by atoms with van der Waals surface area (Å²) in [7, 11) is 1.90. The second-order valence-electron chi connectivity index (χ2n) is 4.36. The van der Waals surface area contributed by atoms with Crippen LogP contribution in [-0.2, 0) is 18.4 Å². The molecular formula is C14H16BrNO3. The highest BCUT2D eigenvalue weighted by Crippen LogP contribution is 2.31. The molecule has 0 spiro atoms. The molecule has 0 unspecified atom stereocenters. The minimum atomic E-state index is -0.311. The molecule has 102 valence electrons. The maximum Gasteiger partial charge on any atom is 0.340 e. The fourth-order valence-electron chi connectivity index (χ4n) is 2.21. The maximum absolute atomic E-state index is 12.1. The molecule has 2 rings (SSSR count). The SMILES string of the molecule is CCOC(=O)c1c(C)n(C)c2cc(CO)c(Br)cc12. The lowest BCUT2D eigenvalue weighted by atomic mass is 10.1. The molecule has 0 bridgehead atoms. The van der Waals surface area contributed by atoms with Gasteiger partial charge in [-0.15, -0.1) is 0 Å². The van der Waals surface area contributed by atoms with Gasteiger partial charge >= 0.3 is 5.97 Å². The molecule has 1 heterocycles. The molecule has 0 amide bonds. The number of hydrogen-bond acceptors (Lipinski definition) is 3. The van der Waals surface area contributed by atoms with Crippen LogP contribution in [0.1, 0.15) is 28.5 Å². The molecule has 1 N–H and O–H groups in total. The number of aromatic nitrogens is 1. The van der Waals surface area contributed by atoms with Crippen LogP contribution in [0.25, 0.3) is 10.9 Å². The molecule has 2 aromatic rings. The largest absolute Gasteiger partial charge is 0.462 e. The average Bonchev–Trinajstić information content (AvgIpc) is 2.61. The summed E-state index contributed by atoms with van der Waals surface area (Å²) in [4.78, 5) is 12.1. The molecule has 0 radical (unpaired) electrons. The summed E-state index contributed by atoms with van der Waals surface area (Å²) in [5, 5.41) is 10.1. The van der Waals surface area contributed by atoms with Crippen molar-refractivity contribution < 1.29 is 14.6 Å². The number of fused-ring (bicyclic) bond motifs is 1. The van der Waals surface area contributed by atoms with E-state index in [9.17, 15) is 9.90 Å². The average molecular weight is 326 g/mol. The van der Waals surface area contributed by atoms with Crippen molar-refractivity contribution in [1.29, 1.82) is 0 Å². The molecule has 5 heteroatoms. The molecule has 1 aromatic carbocycles. The number of halogens is 1. The molecule has 1 aromatic heterocycles. The quantitative estimate of drug-likeness (QED) is 0.883. The van der Waals surface area contributed by atoms with Crippen LogP contribution in [0.4, 0.5) is 0 Å². The molecular weight excluding hydrogens is 310 g/mol. The number of esters is 1. The standard InChI is InChI=1S/C14H16BrNO3/c1-4-19-14(18)13-8(2)16(3)12-5-9(7-17)11(15)6-10(12)13/h5-6,17H,4,7H2,1-3H3. The summed E-state index contributed by atoms with van der Waals surface area (Å²) in [6.45, 7) is 3.98. The van der Waals surface area contributed by atoms with E-state index in [1.54, 1.807) is 6.92 Å². The van der Waals surface area contributed by atoms with Crippen molar-refractivity contribution in [3.05, 3.63) is 33.4 Å². The second kappa shape index (κ2) is 5.35. The van der Waals surface area contributed by atoms with E-state index in [2.05, 4.69) is 15.9 Å². The van der Waals surface area contributed by atoms with E-state index in [-0.39, 0.29) is 12.6 Å². The smallest absolute Gasteiger partial charge is 0.340 e. The van der Waals surface area contributed by atoms with Crippen LogP contribution in [0.15, 0.2) is 16.6 Å². The minimum Gasteiger partial charge on any atom is -0.462 e. The minimum absolute atomic E-state index is 0.0461. The van der Waals surface area contributed by atoms with Gasteiger partial charge in [0, 0.05) is 28.1 Å². The van der Waals surface area contributed by atoms with Crippen LogP contribution in [0.5, 0.6) is 0 Å². The van der Waals surface area contributed by atoms with E-state index < -0.39 is 0 Å². The summed E-state index contributed by atoms with van der Waals surface area (Å²) in [5.74, 6) is -0.311. The van der Waals surface area contributed by atoms with E-state index in [1.165, 1.54) is 0 Å². The summed E-state index contributed by atoms with van der Waals surface area (Å²) in [6.07, 6.45) is 0. The predicted octanol–water partition coefficient (Wildman–Crippen LogP) is 2.92. The Balaban J connectivity index is 2.75. The molecule has 0 saturated heterocycles. The zero-order valence-electron chi connectivity index (χ0n) is 11.2. The Morgan fingerprint density at radius 3 is 2.74 bits per heavy atom. The first-order valence-corrected chi connectivity index (χ1v) is 6.85. The van der Waals surface area contributed by atoms with Crippen molar-refractivity contribution in [2.24, 2.45) is 7.05 Å². The number of aliphatic hydroxyl groups excluding tert-OH is 1. The van der Waals surface area contributed by atoms with Gasteiger partial charge in [-0.1, -0.05) is 15.9 Å². The number of hydrogen-bond donors (Lipinski definition) is 1. The van der Waals surface area contributed by atoms with Gasteiger partial charge in [-0.05, 0) is 31.5 Å². The molecule has 0 saturated carbocycles. The Hall–Kier alpha value is -1.33. The zero-order valence-corrected chi connectivity index (χ0v) is 12.7. The number of nitrogens with zero attached hydrogens (tertiary/aromatic N) is 1. The van der Waals surface area contributed by atoms with Gasteiger partial charge in [-0.3, -0.25) is 0 Å². The van der Waals surface area contributed by atoms with Gasteiger partial charge in [-0.2, -0.15) is 0 Å². The number of carbonyl (C=O) groups excluding carboxylic acids is 1. The highest BCUT2D eigenvalue weighted by molar-refractivity contribution is 9.10. The van der Waals surface area contributed by atoms with Gasteiger partial charge in [0.2, 0.25) is 0 Å². The molecule has 0 fully saturated rings. The van der Waals surface area contributed by atoms with Crippen LogP contribution in [0.2, 0.25) is 0 Å². The third-order valence-corrected chi connectivity index (χ3v) is 4.05. The second-order valence-corrected chi connectivity index (χ2v) is 5.21. The van der Waals surface area contributed by atoms with Crippen LogP contribution in [0, 0.1) is 6.92 Å². The Bertz CT molecular complexity index is 646. The summed E-state index contributed by atoms with van der Waals surface area (Å²) in [5.41, 5.74) is 3.15. The lowest BCUT2D eigenvalue weighted by Crippen LogP contribution is -2.06. The first kappa shape index (κ1) is 14.1. The van der Waals surface area contributed by atoms with Crippen LogP contribution in [-0.4, -0.2) is 22.2 Å². The monoisotopic (exact) mass is 325 g/mol. The van der Waals surface area contributed by atoms with E-state index in [0.29, 0.717) is 12.2 Å². The van der Waals surface area contributed by atoms with E-state index in [0.717, 1.165) is 26.6 Å². The first-order valence-electron chi connectivity index (χ1n) is 6.06. The number of ether oxygens (including phenoxy) is 1. The van der Waals surface area contributed by atoms with Gasteiger partial charge in [-0.25, -0.2) is 4.79 Å². The normalized spacial score (nSPS) is 11.0. The number of carbonyl (C=O) groups is 1. The topological polar surface area (TPSA) is 51.5 Å². The molecule has 0 aliphatic rings. The molecule has 0 aliphatic carbocycles. The Morgan fingerprint density at radius 1 is 1.47 bits per heavy atom. The van der Waals surface area contributed by atoms with E-state index >= 15 is 0 Å². The van der Waals surface area contributed by atoms with Gasteiger partial charge in [0.1, 0.15) is 0 Å². The summed E-state index contributed by atoms with van der Waals surface area (Å²) >= 11 is 3.41. The van der Waals surface area contributed by atoms with Crippen molar-refractivity contribution in [1.82, 2.24) is 4.57 Å².